The third kappa shape index (κ3) is 3.43. The lowest BCUT2D eigenvalue weighted by atomic mass is 10.1. The first-order valence-corrected chi connectivity index (χ1v) is 8.80. The summed E-state index contributed by atoms with van der Waals surface area (Å²) in [6.45, 7) is 0. The molecular formula is C15H16N2O5S. The minimum Gasteiger partial charge on any atom is -0.423 e. The second kappa shape index (κ2) is 6.13. The van der Waals surface area contributed by atoms with Crippen molar-refractivity contribution in [1.29, 1.82) is 0 Å². The number of hydrogen-bond acceptors (Lipinski definition) is 5. The highest BCUT2D eigenvalue weighted by Gasteiger charge is 2.24. The summed E-state index contributed by atoms with van der Waals surface area (Å²) >= 11 is 0. The van der Waals surface area contributed by atoms with Crippen LogP contribution in [-0.4, -0.2) is 14.3 Å². The molecule has 2 N–H and O–H groups in total. The molecule has 3 rings (SSSR count). The largest absolute Gasteiger partial charge is 0.423 e. The van der Waals surface area contributed by atoms with Gasteiger partial charge in [-0.15, -0.1) is 4.83 Å². The molecule has 1 fully saturated rings. The Morgan fingerprint density at radius 1 is 1.13 bits per heavy atom. The van der Waals surface area contributed by atoms with E-state index in [1.54, 1.807) is 0 Å². The van der Waals surface area contributed by atoms with E-state index < -0.39 is 15.6 Å². The zero-order valence-electron chi connectivity index (χ0n) is 12.2. The molecule has 0 unspecified atom stereocenters. The van der Waals surface area contributed by atoms with Crippen LogP contribution in [0, 0.1) is 5.92 Å². The number of nitrogens with one attached hydrogen (secondary N) is 2. The molecule has 1 heterocycles. The van der Waals surface area contributed by atoms with Crippen LogP contribution in [0.3, 0.4) is 0 Å². The molecule has 1 aliphatic rings. The van der Waals surface area contributed by atoms with E-state index in [2.05, 4.69) is 10.3 Å². The Labute approximate surface area is 132 Å². The van der Waals surface area contributed by atoms with Gasteiger partial charge in [-0.3, -0.25) is 10.2 Å². The van der Waals surface area contributed by atoms with Gasteiger partial charge in [-0.25, -0.2) is 13.2 Å². The lowest BCUT2D eigenvalue weighted by Crippen LogP contribution is -2.43. The first kappa shape index (κ1) is 15.7. The number of hydrogen-bond donors (Lipinski definition) is 2. The van der Waals surface area contributed by atoms with Crippen molar-refractivity contribution >= 4 is 26.9 Å². The summed E-state index contributed by atoms with van der Waals surface area (Å²) in [6.07, 6.45) is 3.53. The highest BCUT2D eigenvalue weighted by Crippen LogP contribution is 2.24. The molecule has 1 amide bonds. The van der Waals surface area contributed by atoms with Crippen LogP contribution in [0.15, 0.2) is 44.4 Å². The summed E-state index contributed by atoms with van der Waals surface area (Å²) in [6, 6.07) is 6.80. The Morgan fingerprint density at radius 3 is 2.61 bits per heavy atom. The Morgan fingerprint density at radius 2 is 1.87 bits per heavy atom. The van der Waals surface area contributed by atoms with Crippen molar-refractivity contribution in [3.63, 3.8) is 0 Å². The lowest BCUT2D eigenvalue weighted by Gasteiger charge is -2.12. The second-order valence-electron chi connectivity index (χ2n) is 5.53. The summed E-state index contributed by atoms with van der Waals surface area (Å²) in [4.78, 5) is 25.1. The fourth-order valence-electron chi connectivity index (χ4n) is 2.68. The molecule has 1 saturated carbocycles. The van der Waals surface area contributed by atoms with E-state index in [-0.39, 0.29) is 16.7 Å². The number of hydrazine groups is 1. The summed E-state index contributed by atoms with van der Waals surface area (Å²) in [5.41, 5.74) is 2.06. The van der Waals surface area contributed by atoms with Crippen molar-refractivity contribution in [2.45, 2.75) is 30.6 Å². The van der Waals surface area contributed by atoms with Crippen molar-refractivity contribution < 1.29 is 17.6 Å². The SMILES string of the molecule is O=C(NNS(=O)(=O)c1ccc2oc(=O)ccc2c1)C1CCCC1. The van der Waals surface area contributed by atoms with Gasteiger partial charge < -0.3 is 4.42 Å². The monoisotopic (exact) mass is 336 g/mol. The van der Waals surface area contributed by atoms with Gasteiger partial charge in [0.25, 0.3) is 10.0 Å². The molecule has 2 aromatic rings. The molecule has 23 heavy (non-hydrogen) atoms. The molecule has 1 aliphatic carbocycles. The van der Waals surface area contributed by atoms with Gasteiger partial charge >= 0.3 is 5.63 Å². The van der Waals surface area contributed by atoms with Crippen LogP contribution in [0.25, 0.3) is 11.0 Å². The van der Waals surface area contributed by atoms with E-state index in [4.69, 9.17) is 4.42 Å². The summed E-state index contributed by atoms with van der Waals surface area (Å²) in [5, 5.41) is 0.481. The average molecular weight is 336 g/mol. The molecule has 0 atom stereocenters. The minimum absolute atomic E-state index is 0.0226. The quantitative estimate of drug-likeness (QED) is 0.646. The maximum Gasteiger partial charge on any atom is 0.336 e. The fraction of sp³-hybridized carbons (Fsp3) is 0.333. The van der Waals surface area contributed by atoms with E-state index in [1.807, 2.05) is 0 Å². The predicted molar refractivity (Wildman–Crippen MR) is 82.9 cm³/mol. The Kier molecular flexibility index (Phi) is 4.18. The zero-order valence-corrected chi connectivity index (χ0v) is 13.1. The van der Waals surface area contributed by atoms with Gasteiger partial charge in [-0.05, 0) is 37.1 Å². The fourth-order valence-corrected chi connectivity index (χ4v) is 3.57. The highest BCUT2D eigenvalue weighted by atomic mass is 32.2. The molecule has 122 valence electrons. The van der Waals surface area contributed by atoms with Crippen molar-refractivity contribution in [1.82, 2.24) is 10.3 Å². The molecule has 1 aromatic carbocycles. The molecule has 0 bridgehead atoms. The van der Waals surface area contributed by atoms with E-state index in [0.29, 0.717) is 11.0 Å². The van der Waals surface area contributed by atoms with Gasteiger partial charge in [-0.2, -0.15) is 0 Å². The standard InChI is InChI=1S/C15H16N2O5S/c18-14-8-5-11-9-12(6-7-13(11)22-14)23(20,21)17-16-15(19)10-3-1-2-4-10/h5-10,17H,1-4H2,(H,16,19). The summed E-state index contributed by atoms with van der Waals surface area (Å²) < 4.78 is 29.4. The molecule has 0 saturated heterocycles. The van der Waals surface area contributed by atoms with Crippen LogP contribution in [0.4, 0.5) is 0 Å². The molecular weight excluding hydrogens is 320 g/mol. The van der Waals surface area contributed by atoms with Crippen LogP contribution >= 0.6 is 0 Å². The highest BCUT2D eigenvalue weighted by molar-refractivity contribution is 7.89. The number of rotatable bonds is 4. The van der Waals surface area contributed by atoms with Gasteiger partial charge in [-0.1, -0.05) is 12.8 Å². The third-order valence-electron chi connectivity index (χ3n) is 3.94. The average Bonchev–Trinajstić information content (AvgIpc) is 3.06. The third-order valence-corrected chi connectivity index (χ3v) is 5.18. The van der Waals surface area contributed by atoms with Crippen LogP contribution in [0.5, 0.6) is 0 Å². The zero-order chi connectivity index (χ0) is 16.4. The molecule has 8 heteroatoms. The van der Waals surface area contributed by atoms with E-state index in [0.717, 1.165) is 25.7 Å². The van der Waals surface area contributed by atoms with E-state index >= 15 is 0 Å². The van der Waals surface area contributed by atoms with Crippen LogP contribution < -0.4 is 15.9 Å². The van der Waals surface area contributed by atoms with Crippen LogP contribution in [0.2, 0.25) is 0 Å². The molecule has 0 radical (unpaired) electrons. The lowest BCUT2D eigenvalue weighted by molar-refractivity contribution is -0.125. The smallest absolute Gasteiger partial charge is 0.336 e. The number of carbonyl (C=O) groups is 1. The number of sulfonamides is 1. The normalized spacial score (nSPS) is 15.8. The van der Waals surface area contributed by atoms with Gasteiger partial charge in [0.1, 0.15) is 5.58 Å². The van der Waals surface area contributed by atoms with Crippen LogP contribution in [0.1, 0.15) is 25.7 Å². The Hall–Kier alpha value is -2.19. The van der Waals surface area contributed by atoms with Gasteiger partial charge in [0.2, 0.25) is 5.91 Å². The molecule has 7 nitrogen and oxygen atoms in total. The van der Waals surface area contributed by atoms with Gasteiger partial charge in [0.15, 0.2) is 0 Å². The molecule has 0 aliphatic heterocycles. The Balaban J connectivity index is 1.77. The number of amides is 1. The minimum atomic E-state index is -3.89. The van der Waals surface area contributed by atoms with Crippen molar-refractivity contribution in [2.24, 2.45) is 5.92 Å². The van der Waals surface area contributed by atoms with Crippen molar-refractivity contribution in [3.05, 3.63) is 40.8 Å². The topological polar surface area (TPSA) is 105 Å². The number of benzene rings is 1. The van der Waals surface area contributed by atoms with E-state index in [1.165, 1.54) is 30.3 Å². The van der Waals surface area contributed by atoms with Crippen LogP contribution in [-0.2, 0) is 14.8 Å². The first-order valence-electron chi connectivity index (χ1n) is 7.31. The van der Waals surface area contributed by atoms with Crippen molar-refractivity contribution in [2.75, 3.05) is 0 Å². The maximum atomic E-state index is 12.2. The van der Waals surface area contributed by atoms with Gasteiger partial charge in [0.05, 0.1) is 4.90 Å². The second-order valence-corrected chi connectivity index (χ2v) is 7.21. The predicted octanol–water partition coefficient (Wildman–Crippen LogP) is 1.29. The molecule has 1 aromatic heterocycles. The number of fused-ring (bicyclic) bond motifs is 1. The Bertz CT molecular complexity index is 897. The number of carbonyl (C=O) groups excluding carboxylic acids is 1. The van der Waals surface area contributed by atoms with Gasteiger partial charge in [0, 0.05) is 17.4 Å². The maximum absolute atomic E-state index is 12.2. The molecule has 0 spiro atoms. The summed E-state index contributed by atoms with van der Waals surface area (Å²) in [5.74, 6) is -0.443. The first-order chi connectivity index (χ1) is 11.0. The van der Waals surface area contributed by atoms with Crippen molar-refractivity contribution in [3.8, 4) is 0 Å². The summed E-state index contributed by atoms with van der Waals surface area (Å²) in [7, 11) is -3.89. The van der Waals surface area contributed by atoms with E-state index in [9.17, 15) is 18.0 Å².